The largest absolute Gasteiger partial charge is 0.493 e. The second-order valence-corrected chi connectivity index (χ2v) is 5.18. The van der Waals surface area contributed by atoms with Gasteiger partial charge in [0.2, 0.25) is 5.91 Å². The summed E-state index contributed by atoms with van der Waals surface area (Å²) in [4.78, 5) is 24.3. The third-order valence-corrected chi connectivity index (χ3v) is 3.51. The van der Waals surface area contributed by atoms with Crippen molar-refractivity contribution in [2.24, 2.45) is 0 Å². The summed E-state index contributed by atoms with van der Waals surface area (Å²) in [5.41, 5.74) is 1.51. The molecule has 0 unspecified atom stereocenters. The van der Waals surface area contributed by atoms with Gasteiger partial charge in [-0.05, 0) is 36.8 Å². The average molecular weight is 343 g/mol. The van der Waals surface area contributed by atoms with E-state index in [1.165, 1.54) is 7.11 Å². The van der Waals surface area contributed by atoms with Gasteiger partial charge in [-0.3, -0.25) is 4.79 Å². The van der Waals surface area contributed by atoms with Crippen molar-refractivity contribution in [1.29, 1.82) is 0 Å². The van der Waals surface area contributed by atoms with E-state index in [1.54, 1.807) is 56.5 Å². The Labute approximate surface area is 146 Å². The molecule has 2 aromatic carbocycles. The third-order valence-electron chi connectivity index (χ3n) is 3.51. The molecular weight excluding hydrogens is 322 g/mol. The number of esters is 1. The first-order valence-electron chi connectivity index (χ1n) is 7.86. The first-order chi connectivity index (χ1) is 12.1. The first-order valence-corrected chi connectivity index (χ1v) is 7.86. The summed E-state index contributed by atoms with van der Waals surface area (Å²) in [5, 5.41) is 2.75. The lowest BCUT2D eigenvalue weighted by Crippen LogP contribution is -2.17. The SMILES string of the molecule is CCOC(=O)c1ccccc1NC(=O)Cc1ccc(OC)c(OC)c1. The molecule has 2 aromatic rings. The summed E-state index contributed by atoms with van der Waals surface area (Å²) in [5.74, 6) is 0.438. The Hall–Kier alpha value is -3.02. The molecule has 0 fully saturated rings. The number of hydrogen-bond acceptors (Lipinski definition) is 5. The van der Waals surface area contributed by atoms with E-state index in [2.05, 4.69) is 5.32 Å². The van der Waals surface area contributed by atoms with Crippen molar-refractivity contribution in [2.45, 2.75) is 13.3 Å². The Morgan fingerprint density at radius 1 is 1.00 bits per heavy atom. The highest BCUT2D eigenvalue weighted by Crippen LogP contribution is 2.28. The molecule has 6 heteroatoms. The predicted molar refractivity (Wildman–Crippen MR) is 94.3 cm³/mol. The Kier molecular flexibility index (Phi) is 6.39. The molecule has 25 heavy (non-hydrogen) atoms. The quantitative estimate of drug-likeness (QED) is 0.782. The average Bonchev–Trinajstić information content (AvgIpc) is 2.62. The van der Waals surface area contributed by atoms with E-state index in [0.29, 0.717) is 22.7 Å². The molecular formula is C19H21NO5. The van der Waals surface area contributed by atoms with Crippen LogP contribution in [0.4, 0.5) is 5.69 Å². The third kappa shape index (κ3) is 4.73. The lowest BCUT2D eigenvalue weighted by atomic mass is 10.1. The van der Waals surface area contributed by atoms with Crippen LogP contribution in [0.3, 0.4) is 0 Å². The Morgan fingerprint density at radius 2 is 1.72 bits per heavy atom. The van der Waals surface area contributed by atoms with Gasteiger partial charge in [-0.15, -0.1) is 0 Å². The van der Waals surface area contributed by atoms with Crippen LogP contribution in [-0.2, 0) is 16.0 Å². The monoisotopic (exact) mass is 343 g/mol. The number of benzene rings is 2. The topological polar surface area (TPSA) is 73.9 Å². The highest BCUT2D eigenvalue weighted by molar-refractivity contribution is 6.01. The highest BCUT2D eigenvalue weighted by Gasteiger charge is 2.14. The molecule has 0 aromatic heterocycles. The standard InChI is InChI=1S/C19H21NO5/c1-4-25-19(22)14-7-5-6-8-15(14)20-18(21)12-13-9-10-16(23-2)17(11-13)24-3/h5-11H,4,12H2,1-3H3,(H,20,21). The normalized spacial score (nSPS) is 10.0. The number of para-hydroxylation sites is 1. The van der Waals surface area contributed by atoms with E-state index >= 15 is 0 Å². The zero-order chi connectivity index (χ0) is 18.2. The molecule has 1 amide bonds. The van der Waals surface area contributed by atoms with Gasteiger partial charge in [0, 0.05) is 0 Å². The van der Waals surface area contributed by atoms with Crippen molar-refractivity contribution in [2.75, 3.05) is 26.1 Å². The van der Waals surface area contributed by atoms with Gasteiger partial charge in [0.1, 0.15) is 0 Å². The summed E-state index contributed by atoms with van der Waals surface area (Å²) in [6.45, 7) is 2.00. The number of hydrogen-bond donors (Lipinski definition) is 1. The lowest BCUT2D eigenvalue weighted by molar-refractivity contribution is -0.115. The summed E-state index contributed by atoms with van der Waals surface area (Å²) in [6, 6.07) is 12.0. The summed E-state index contributed by atoms with van der Waals surface area (Å²) < 4.78 is 15.4. The molecule has 132 valence electrons. The maximum Gasteiger partial charge on any atom is 0.340 e. The fourth-order valence-corrected chi connectivity index (χ4v) is 2.35. The predicted octanol–water partition coefficient (Wildman–Crippen LogP) is 3.06. The van der Waals surface area contributed by atoms with Crippen LogP contribution in [0.25, 0.3) is 0 Å². The molecule has 6 nitrogen and oxygen atoms in total. The second kappa shape index (κ2) is 8.73. The Balaban J connectivity index is 2.12. The maximum atomic E-state index is 12.3. The van der Waals surface area contributed by atoms with Gasteiger partial charge in [-0.1, -0.05) is 18.2 Å². The minimum absolute atomic E-state index is 0.136. The Bertz CT molecular complexity index is 757. The molecule has 0 saturated heterocycles. The lowest BCUT2D eigenvalue weighted by Gasteiger charge is -2.12. The van der Waals surface area contributed by atoms with E-state index in [0.717, 1.165) is 5.56 Å². The first kappa shape index (κ1) is 18.3. The molecule has 0 heterocycles. The molecule has 0 radical (unpaired) electrons. The van der Waals surface area contributed by atoms with Gasteiger partial charge in [0.15, 0.2) is 11.5 Å². The van der Waals surface area contributed by atoms with Crippen molar-refractivity contribution < 1.29 is 23.8 Å². The van der Waals surface area contributed by atoms with Crippen molar-refractivity contribution in [3.05, 3.63) is 53.6 Å². The van der Waals surface area contributed by atoms with Crippen LogP contribution < -0.4 is 14.8 Å². The number of nitrogens with one attached hydrogen (secondary N) is 1. The molecule has 0 spiro atoms. The fraction of sp³-hybridized carbons (Fsp3) is 0.263. The van der Waals surface area contributed by atoms with Crippen LogP contribution in [0, 0.1) is 0 Å². The smallest absolute Gasteiger partial charge is 0.340 e. The van der Waals surface area contributed by atoms with Crippen LogP contribution in [0.15, 0.2) is 42.5 Å². The molecule has 1 N–H and O–H groups in total. The number of methoxy groups -OCH3 is 2. The minimum atomic E-state index is -0.468. The van der Waals surface area contributed by atoms with Crippen LogP contribution in [0.5, 0.6) is 11.5 Å². The number of anilines is 1. The number of carbonyl (C=O) groups excluding carboxylic acids is 2. The van der Waals surface area contributed by atoms with Crippen molar-refractivity contribution in [3.8, 4) is 11.5 Å². The second-order valence-electron chi connectivity index (χ2n) is 5.18. The van der Waals surface area contributed by atoms with Crippen LogP contribution in [0.1, 0.15) is 22.8 Å². The zero-order valence-corrected chi connectivity index (χ0v) is 14.5. The molecule has 0 aliphatic heterocycles. The summed E-state index contributed by atoms with van der Waals surface area (Å²) in [7, 11) is 3.09. The zero-order valence-electron chi connectivity index (χ0n) is 14.5. The van der Waals surface area contributed by atoms with Crippen LogP contribution in [-0.4, -0.2) is 32.7 Å². The molecule has 0 atom stereocenters. The molecule has 0 aliphatic carbocycles. The molecule has 2 rings (SSSR count). The Morgan fingerprint density at radius 3 is 2.40 bits per heavy atom. The van der Waals surface area contributed by atoms with Gasteiger partial charge in [0.25, 0.3) is 0 Å². The number of ether oxygens (including phenoxy) is 3. The summed E-state index contributed by atoms with van der Waals surface area (Å²) in [6.07, 6.45) is 0.136. The van der Waals surface area contributed by atoms with Gasteiger partial charge >= 0.3 is 5.97 Å². The summed E-state index contributed by atoms with van der Waals surface area (Å²) >= 11 is 0. The van der Waals surface area contributed by atoms with Gasteiger partial charge in [0.05, 0.1) is 38.5 Å². The molecule has 0 bridgehead atoms. The maximum absolute atomic E-state index is 12.3. The van der Waals surface area contributed by atoms with Gasteiger partial charge in [-0.2, -0.15) is 0 Å². The number of amides is 1. The number of rotatable bonds is 7. The van der Waals surface area contributed by atoms with Gasteiger partial charge in [-0.25, -0.2) is 4.79 Å². The van der Waals surface area contributed by atoms with Crippen molar-refractivity contribution in [1.82, 2.24) is 0 Å². The minimum Gasteiger partial charge on any atom is -0.493 e. The van der Waals surface area contributed by atoms with E-state index < -0.39 is 5.97 Å². The van der Waals surface area contributed by atoms with E-state index in [-0.39, 0.29) is 18.9 Å². The van der Waals surface area contributed by atoms with E-state index in [9.17, 15) is 9.59 Å². The molecule has 0 aliphatic rings. The van der Waals surface area contributed by atoms with E-state index in [4.69, 9.17) is 14.2 Å². The van der Waals surface area contributed by atoms with Crippen molar-refractivity contribution >= 4 is 17.6 Å². The highest BCUT2D eigenvalue weighted by atomic mass is 16.5. The molecule has 0 saturated carbocycles. The van der Waals surface area contributed by atoms with Crippen LogP contribution in [0.2, 0.25) is 0 Å². The van der Waals surface area contributed by atoms with Crippen molar-refractivity contribution in [3.63, 3.8) is 0 Å². The van der Waals surface area contributed by atoms with Gasteiger partial charge < -0.3 is 19.5 Å². The van der Waals surface area contributed by atoms with E-state index in [1.807, 2.05) is 0 Å². The fourth-order valence-electron chi connectivity index (χ4n) is 2.35. The number of carbonyl (C=O) groups is 2. The van der Waals surface area contributed by atoms with Crippen LogP contribution >= 0.6 is 0 Å².